The summed E-state index contributed by atoms with van der Waals surface area (Å²) in [4.78, 5) is 28.5. The minimum atomic E-state index is -0.637. The minimum Gasteiger partial charge on any atom is -0.392 e. The Bertz CT molecular complexity index is 1100. The lowest BCUT2D eigenvalue weighted by molar-refractivity contribution is -0.123. The van der Waals surface area contributed by atoms with Gasteiger partial charge in [0.05, 0.1) is 19.1 Å². The fourth-order valence-corrected chi connectivity index (χ4v) is 3.49. The molecule has 4 rings (SSSR count). The van der Waals surface area contributed by atoms with E-state index >= 15 is 0 Å². The molecule has 3 aromatic rings. The molecule has 1 fully saturated rings. The smallest absolute Gasteiger partial charge is 0.327 e. The zero-order valence-corrected chi connectivity index (χ0v) is 17.4. The largest absolute Gasteiger partial charge is 0.392 e. The van der Waals surface area contributed by atoms with Crippen LogP contribution in [0.25, 0.3) is 11.1 Å². The van der Waals surface area contributed by atoms with Crippen molar-refractivity contribution in [1.82, 2.24) is 10.3 Å². The molecule has 164 valence electrons. The molecule has 1 aromatic heterocycles. The van der Waals surface area contributed by atoms with Crippen LogP contribution < -0.4 is 16.0 Å². The Morgan fingerprint density at radius 3 is 2.62 bits per heavy atom. The van der Waals surface area contributed by atoms with Crippen molar-refractivity contribution in [3.05, 3.63) is 72.4 Å². The average molecular weight is 432 g/mol. The maximum absolute atomic E-state index is 12.2. The van der Waals surface area contributed by atoms with Gasteiger partial charge in [0.25, 0.3) is 0 Å². The van der Waals surface area contributed by atoms with E-state index in [1.165, 1.54) is 0 Å². The molecule has 1 saturated heterocycles. The lowest BCUT2D eigenvalue weighted by atomic mass is 10.0. The Hall–Kier alpha value is -3.75. The number of aliphatic hydroxyl groups is 1. The fraction of sp³-hybridized carbons (Fsp3) is 0.208. The Kier molecular flexibility index (Phi) is 6.74. The van der Waals surface area contributed by atoms with Crippen molar-refractivity contribution in [1.29, 1.82) is 0 Å². The normalized spacial score (nSPS) is 15.2. The van der Waals surface area contributed by atoms with E-state index in [2.05, 4.69) is 20.9 Å². The number of hydrogen-bond acceptors (Lipinski definition) is 6. The Labute approximate surface area is 185 Å². The zero-order chi connectivity index (χ0) is 22.3. The van der Waals surface area contributed by atoms with Crippen LogP contribution >= 0.6 is 0 Å². The molecule has 0 bridgehead atoms. The van der Waals surface area contributed by atoms with E-state index in [0.717, 1.165) is 28.1 Å². The van der Waals surface area contributed by atoms with Crippen molar-refractivity contribution in [3.63, 3.8) is 0 Å². The molecule has 32 heavy (non-hydrogen) atoms. The molecule has 2 aromatic carbocycles. The van der Waals surface area contributed by atoms with E-state index in [9.17, 15) is 14.7 Å². The molecule has 0 saturated carbocycles. The number of anilines is 3. The van der Waals surface area contributed by atoms with Crippen LogP contribution in [0.4, 0.5) is 22.0 Å². The van der Waals surface area contributed by atoms with Crippen LogP contribution in [0.5, 0.6) is 0 Å². The van der Waals surface area contributed by atoms with Gasteiger partial charge in [0.1, 0.15) is 5.82 Å². The first-order valence-corrected chi connectivity index (χ1v) is 10.3. The third-order valence-corrected chi connectivity index (χ3v) is 5.11. The van der Waals surface area contributed by atoms with E-state index in [0.29, 0.717) is 25.5 Å². The zero-order valence-electron chi connectivity index (χ0n) is 17.4. The van der Waals surface area contributed by atoms with Crippen molar-refractivity contribution >= 4 is 29.1 Å². The quantitative estimate of drug-likeness (QED) is 0.473. The van der Waals surface area contributed by atoms with Crippen LogP contribution in [0.15, 0.2) is 66.9 Å². The summed E-state index contributed by atoms with van der Waals surface area (Å²) < 4.78 is 5.18. The number of rotatable bonds is 6. The van der Waals surface area contributed by atoms with E-state index in [-0.39, 0.29) is 18.4 Å². The number of aromatic nitrogens is 1. The monoisotopic (exact) mass is 432 g/mol. The number of para-hydroxylation sites is 1. The van der Waals surface area contributed by atoms with Crippen molar-refractivity contribution < 1.29 is 19.4 Å². The van der Waals surface area contributed by atoms with E-state index < -0.39 is 6.03 Å². The number of ether oxygens (including phenoxy) is 1. The van der Waals surface area contributed by atoms with Crippen LogP contribution in [-0.2, 0) is 16.1 Å². The van der Waals surface area contributed by atoms with Gasteiger partial charge >= 0.3 is 6.03 Å². The number of aliphatic hydroxyl groups excluding tert-OH is 1. The first-order chi connectivity index (χ1) is 15.6. The van der Waals surface area contributed by atoms with E-state index in [1.54, 1.807) is 12.3 Å². The van der Waals surface area contributed by atoms with Gasteiger partial charge in [-0.1, -0.05) is 18.2 Å². The number of pyridine rings is 1. The molecule has 1 unspecified atom stereocenters. The highest BCUT2D eigenvalue weighted by molar-refractivity contribution is 6.01. The predicted molar refractivity (Wildman–Crippen MR) is 121 cm³/mol. The van der Waals surface area contributed by atoms with Crippen molar-refractivity contribution in [2.75, 3.05) is 23.8 Å². The number of urea groups is 1. The highest BCUT2D eigenvalue weighted by Crippen LogP contribution is 2.28. The molecule has 1 aliphatic heterocycles. The summed E-state index contributed by atoms with van der Waals surface area (Å²) in [6, 6.07) is 18.3. The van der Waals surface area contributed by atoms with Gasteiger partial charge < -0.3 is 15.2 Å². The molecule has 1 atom stereocenters. The highest BCUT2D eigenvalue weighted by atomic mass is 16.5. The number of carbonyl (C=O) groups is 2. The SMILES string of the molecule is O=C(NC(=O)C1CCOC1)Nc1cc(-c2cc(CO)cc(Nc3ccccc3)c2)ccn1. The number of nitrogens with zero attached hydrogens (tertiary/aromatic N) is 1. The summed E-state index contributed by atoms with van der Waals surface area (Å²) in [5.41, 5.74) is 4.15. The van der Waals surface area contributed by atoms with Gasteiger partial charge in [-0.25, -0.2) is 9.78 Å². The first-order valence-electron chi connectivity index (χ1n) is 10.3. The number of nitrogens with one attached hydrogen (secondary N) is 3. The van der Waals surface area contributed by atoms with Gasteiger partial charge in [0.2, 0.25) is 5.91 Å². The molecule has 4 N–H and O–H groups in total. The molecule has 1 aliphatic rings. The van der Waals surface area contributed by atoms with Gasteiger partial charge in [-0.15, -0.1) is 0 Å². The Morgan fingerprint density at radius 2 is 1.88 bits per heavy atom. The van der Waals surface area contributed by atoms with Crippen LogP contribution in [0, 0.1) is 5.92 Å². The third kappa shape index (κ3) is 5.48. The molecular weight excluding hydrogens is 408 g/mol. The molecule has 2 heterocycles. The number of hydrogen-bond donors (Lipinski definition) is 4. The van der Waals surface area contributed by atoms with Crippen molar-refractivity contribution in [2.24, 2.45) is 5.92 Å². The van der Waals surface area contributed by atoms with Gasteiger partial charge in [0, 0.05) is 24.2 Å². The van der Waals surface area contributed by atoms with Crippen LogP contribution in [0.1, 0.15) is 12.0 Å². The molecule has 8 heteroatoms. The van der Waals surface area contributed by atoms with Gasteiger partial charge in [-0.3, -0.25) is 15.4 Å². The number of imide groups is 1. The second-order valence-corrected chi connectivity index (χ2v) is 7.50. The number of benzene rings is 2. The first kappa shape index (κ1) is 21.5. The summed E-state index contributed by atoms with van der Waals surface area (Å²) in [5.74, 6) is -0.359. The topological polar surface area (TPSA) is 113 Å². The standard InChI is InChI=1S/C24H24N4O4/c29-14-16-10-19(12-21(11-16)26-20-4-2-1-3-5-20)17-6-8-25-22(13-17)27-24(31)28-23(30)18-7-9-32-15-18/h1-6,8,10-13,18,26,29H,7,9,14-15H2,(H2,25,27,28,30,31). The molecular formula is C24H24N4O4. The number of carbonyl (C=O) groups excluding carboxylic acids is 2. The number of amides is 3. The van der Waals surface area contributed by atoms with E-state index in [1.807, 2.05) is 54.6 Å². The lowest BCUT2D eigenvalue weighted by Gasteiger charge is -2.13. The fourth-order valence-electron chi connectivity index (χ4n) is 3.49. The molecule has 8 nitrogen and oxygen atoms in total. The van der Waals surface area contributed by atoms with Crippen molar-refractivity contribution in [3.8, 4) is 11.1 Å². The van der Waals surface area contributed by atoms with Gasteiger partial charge in [-0.2, -0.15) is 0 Å². The maximum Gasteiger partial charge on any atom is 0.327 e. The minimum absolute atomic E-state index is 0.108. The summed E-state index contributed by atoms with van der Waals surface area (Å²) in [6.07, 6.45) is 2.18. The van der Waals surface area contributed by atoms with Gasteiger partial charge in [0.15, 0.2) is 0 Å². The molecule has 0 aliphatic carbocycles. The lowest BCUT2D eigenvalue weighted by Crippen LogP contribution is -2.38. The Morgan fingerprint density at radius 1 is 1.03 bits per heavy atom. The highest BCUT2D eigenvalue weighted by Gasteiger charge is 2.25. The summed E-state index contributed by atoms with van der Waals surface area (Å²) in [5, 5.41) is 18.0. The van der Waals surface area contributed by atoms with Crippen LogP contribution in [-0.4, -0.2) is 35.2 Å². The van der Waals surface area contributed by atoms with Crippen LogP contribution in [0.2, 0.25) is 0 Å². The second-order valence-electron chi connectivity index (χ2n) is 7.50. The Balaban J connectivity index is 1.50. The summed E-state index contributed by atoms with van der Waals surface area (Å²) in [7, 11) is 0. The van der Waals surface area contributed by atoms with E-state index in [4.69, 9.17) is 4.74 Å². The maximum atomic E-state index is 12.2. The predicted octanol–water partition coefficient (Wildman–Crippen LogP) is 3.67. The second kappa shape index (κ2) is 10.0. The summed E-state index contributed by atoms with van der Waals surface area (Å²) >= 11 is 0. The van der Waals surface area contributed by atoms with Crippen LogP contribution in [0.3, 0.4) is 0 Å². The summed E-state index contributed by atoms with van der Waals surface area (Å²) in [6.45, 7) is 0.744. The molecule has 0 radical (unpaired) electrons. The van der Waals surface area contributed by atoms with Gasteiger partial charge in [-0.05, 0) is 65.6 Å². The molecule has 0 spiro atoms. The average Bonchev–Trinajstić information content (AvgIpc) is 3.35. The third-order valence-electron chi connectivity index (χ3n) is 5.11. The van der Waals surface area contributed by atoms with Crippen molar-refractivity contribution in [2.45, 2.75) is 13.0 Å². The molecule has 3 amide bonds.